The zero-order chi connectivity index (χ0) is 19.3. The van der Waals surface area contributed by atoms with Gasteiger partial charge in [0.25, 0.3) is 0 Å². The number of nitrogens with zero attached hydrogens (tertiary/aromatic N) is 2. The van der Waals surface area contributed by atoms with Gasteiger partial charge in [0, 0.05) is 37.9 Å². The van der Waals surface area contributed by atoms with Crippen molar-refractivity contribution >= 4 is 11.7 Å². The first-order chi connectivity index (χ1) is 12.9. The maximum Gasteiger partial charge on any atom is 0.573 e. The van der Waals surface area contributed by atoms with Gasteiger partial charge in [-0.15, -0.1) is 13.2 Å². The quantitative estimate of drug-likeness (QED) is 0.861. The fourth-order valence-corrected chi connectivity index (χ4v) is 3.47. The second-order valence-corrected chi connectivity index (χ2v) is 6.76. The van der Waals surface area contributed by atoms with E-state index < -0.39 is 6.36 Å². The number of carbonyl (C=O) groups is 1. The molecule has 0 radical (unpaired) electrons. The van der Waals surface area contributed by atoms with E-state index in [0.717, 1.165) is 38.9 Å². The average molecular weight is 387 g/mol. The second kappa shape index (κ2) is 8.79. The zero-order valence-corrected chi connectivity index (χ0v) is 15.0. The molecule has 0 aliphatic carbocycles. The van der Waals surface area contributed by atoms with Gasteiger partial charge in [-0.05, 0) is 43.5 Å². The summed E-state index contributed by atoms with van der Waals surface area (Å²) in [4.78, 5) is 16.8. The maximum atomic E-state index is 12.7. The van der Waals surface area contributed by atoms with Gasteiger partial charge in [-0.25, -0.2) is 4.79 Å². The van der Waals surface area contributed by atoms with Crippen LogP contribution < -0.4 is 10.1 Å². The molecular formula is C18H24F3N3O3. The molecule has 2 fully saturated rings. The molecule has 2 aliphatic heterocycles. The van der Waals surface area contributed by atoms with Crippen LogP contribution in [-0.2, 0) is 4.74 Å². The third kappa shape index (κ3) is 6.00. The van der Waals surface area contributed by atoms with E-state index in [0.29, 0.717) is 25.4 Å². The van der Waals surface area contributed by atoms with E-state index in [-0.39, 0.29) is 17.8 Å². The van der Waals surface area contributed by atoms with Crippen molar-refractivity contribution in [3.8, 4) is 5.75 Å². The first-order valence-electron chi connectivity index (χ1n) is 9.14. The number of morpholine rings is 1. The molecule has 0 aromatic heterocycles. The SMILES string of the molecule is O=C(Nc1ccc(OC(F)(F)F)cc1)N1CCCC[C@@H]1CN1CCOCC1. The Balaban J connectivity index is 1.57. The molecule has 2 amide bonds. The van der Waals surface area contributed by atoms with E-state index in [9.17, 15) is 18.0 Å². The number of anilines is 1. The largest absolute Gasteiger partial charge is 0.573 e. The molecule has 1 aromatic rings. The third-order valence-corrected chi connectivity index (χ3v) is 4.80. The number of hydrogen-bond acceptors (Lipinski definition) is 4. The van der Waals surface area contributed by atoms with Crippen molar-refractivity contribution in [1.29, 1.82) is 0 Å². The van der Waals surface area contributed by atoms with Crippen LogP contribution in [0.4, 0.5) is 23.7 Å². The van der Waals surface area contributed by atoms with Crippen LogP contribution in [0.3, 0.4) is 0 Å². The van der Waals surface area contributed by atoms with Gasteiger partial charge in [0.15, 0.2) is 0 Å². The summed E-state index contributed by atoms with van der Waals surface area (Å²) < 4.78 is 45.9. The van der Waals surface area contributed by atoms with Crippen LogP contribution in [-0.4, -0.2) is 67.6 Å². The molecule has 6 nitrogen and oxygen atoms in total. The van der Waals surface area contributed by atoms with Gasteiger partial charge in [0.1, 0.15) is 5.75 Å². The molecule has 1 aromatic carbocycles. The second-order valence-electron chi connectivity index (χ2n) is 6.76. The molecule has 1 atom stereocenters. The molecule has 2 heterocycles. The van der Waals surface area contributed by atoms with Crippen molar-refractivity contribution in [1.82, 2.24) is 9.80 Å². The molecule has 0 spiro atoms. The Kier molecular flexibility index (Phi) is 6.43. The van der Waals surface area contributed by atoms with Gasteiger partial charge < -0.3 is 19.7 Å². The fraction of sp³-hybridized carbons (Fsp3) is 0.611. The van der Waals surface area contributed by atoms with Crippen molar-refractivity contribution < 1.29 is 27.4 Å². The highest BCUT2D eigenvalue weighted by Crippen LogP contribution is 2.25. The monoisotopic (exact) mass is 387 g/mol. The van der Waals surface area contributed by atoms with Crippen LogP contribution >= 0.6 is 0 Å². The van der Waals surface area contributed by atoms with E-state index in [1.54, 1.807) is 0 Å². The molecule has 0 bridgehead atoms. The molecular weight excluding hydrogens is 363 g/mol. The number of alkyl halides is 3. The van der Waals surface area contributed by atoms with Crippen molar-refractivity contribution in [3.63, 3.8) is 0 Å². The van der Waals surface area contributed by atoms with Crippen LogP contribution in [0.25, 0.3) is 0 Å². The minimum absolute atomic E-state index is 0.129. The first-order valence-corrected chi connectivity index (χ1v) is 9.14. The Morgan fingerprint density at radius 1 is 1.15 bits per heavy atom. The van der Waals surface area contributed by atoms with Crippen LogP contribution in [0.1, 0.15) is 19.3 Å². The summed E-state index contributed by atoms with van der Waals surface area (Å²) >= 11 is 0. The van der Waals surface area contributed by atoms with Crippen molar-refractivity contribution in [2.45, 2.75) is 31.7 Å². The number of piperidine rings is 1. The summed E-state index contributed by atoms with van der Waals surface area (Å²) in [7, 11) is 0. The lowest BCUT2D eigenvalue weighted by Gasteiger charge is -2.39. The molecule has 0 saturated carbocycles. The number of benzene rings is 1. The number of urea groups is 1. The molecule has 2 saturated heterocycles. The normalized spacial score (nSPS) is 21.7. The fourth-order valence-electron chi connectivity index (χ4n) is 3.47. The number of amides is 2. The van der Waals surface area contributed by atoms with Gasteiger partial charge in [-0.1, -0.05) is 0 Å². The van der Waals surface area contributed by atoms with Gasteiger partial charge >= 0.3 is 12.4 Å². The van der Waals surface area contributed by atoms with E-state index >= 15 is 0 Å². The minimum Gasteiger partial charge on any atom is -0.406 e. The Labute approximate surface area is 156 Å². The van der Waals surface area contributed by atoms with Gasteiger partial charge in [0.05, 0.1) is 13.2 Å². The Bertz CT molecular complexity index is 619. The van der Waals surface area contributed by atoms with Gasteiger partial charge in [-0.2, -0.15) is 0 Å². The standard InChI is InChI=1S/C18H24F3N3O3/c19-18(20,21)27-16-6-4-14(5-7-16)22-17(25)24-8-2-1-3-15(24)13-23-9-11-26-12-10-23/h4-7,15H,1-3,8-13H2,(H,22,25)/t15-/m1/s1. The van der Waals surface area contributed by atoms with E-state index in [2.05, 4.69) is 15.0 Å². The molecule has 1 N–H and O–H groups in total. The van der Waals surface area contributed by atoms with Crippen molar-refractivity contribution in [2.75, 3.05) is 44.7 Å². The molecule has 27 heavy (non-hydrogen) atoms. The van der Waals surface area contributed by atoms with Crippen molar-refractivity contribution in [2.24, 2.45) is 0 Å². The highest BCUT2D eigenvalue weighted by Gasteiger charge is 2.31. The van der Waals surface area contributed by atoms with E-state index in [4.69, 9.17) is 4.74 Å². The molecule has 3 rings (SSSR count). The number of rotatable bonds is 4. The molecule has 9 heteroatoms. The molecule has 0 unspecified atom stereocenters. The summed E-state index contributed by atoms with van der Waals surface area (Å²) in [6.07, 6.45) is -1.75. The first kappa shape index (κ1) is 19.8. The average Bonchev–Trinajstić information content (AvgIpc) is 2.63. The predicted octanol–water partition coefficient (Wildman–Crippen LogP) is 3.30. The summed E-state index contributed by atoms with van der Waals surface area (Å²) in [5.74, 6) is -0.316. The van der Waals surface area contributed by atoms with Crippen LogP contribution in [0, 0.1) is 0 Å². The topological polar surface area (TPSA) is 54.0 Å². The maximum absolute atomic E-state index is 12.7. The third-order valence-electron chi connectivity index (χ3n) is 4.80. The highest BCUT2D eigenvalue weighted by molar-refractivity contribution is 5.89. The molecule has 2 aliphatic rings. The van der Waals surface area contributed by atoms with Crippen LogP contribution in [0.5, 0.6) is 5.75 Å². The number of ether oxygens (including phenoxy) is 2. The zero-order valence-electron chi connectivity index (χ0n) is 15.0. The number of likely N-dealkylation sites (tertiary alicyclic amines) is 1. The summed E-state index contributed by atoms with van der Waals surface area (Å²) in [6.45, 7) is 4.65. The summed E-state index contributed by atoms with van der Waals surface area (Å²) in [6, 6.07) is 5.08. The van der Waals surface area contributed by atoms with Crippen LogP contribution in [0.15, 0.2) is 24.3 Å². The van der Waals surface area contributed by atoms with Crippen LogP contribution in [0.2, 0.25) is 0 Å². The van der Waals surface area contributed by atoms with E-state index in [1.165, 1.54) is 24.3 Å². The minimum atomic E-state index is -4.73. The Morgan fingerprint density at radius 2 is 1.85 bits per heavy atom. The van der Waals surface area contributed by atoms with Crippen molar-refractivity contribution in [3.05, 3.63) is 24.3 Å². The number of hydrogen-bond donors (Lipinski definition) is 1. The number of carbonyl (C=O) groups excluding carboxylic acids is 1. The predicted molar refractivity (Wildman–Crippen MR) is 93.7 cm³/mol. The Morgan fingerprint density at radius 3 is 2.52 bits per heavy atom. The number of halogens is 3. The lowest BCUT2D eigenvalue weighted by atomic mass is 10.0. The van der Waals surface area contributed by atoms with Gasteiger partial charge in [0.2, 0.25) is 0 Å². The summed E-state index contributed by atoms with van der Waals surface area (Å²) in [5.41, 5.74) is 0.435. The lowest BCUT2D eigenvalue weighted by Crippen LogP contribution is -2.52. The Hall–Kier alpha value is -2.00. The highest BCUT2D eigenvalue weighted by atomic mass is 19.4. The lowest BCUT2D eigenvalue weighted by molar-refractivity contribution is -0.274. The summed E-state index contributed by atoms with van der Waals surface area (Å²) in [5, 5.41) is 2.78. The molecule has 150 valence electrons. The number of nitrogens with one attached hydrogen (secondary N) is 1. The smallest absolute Gasteiger partial charge is 0.406 e. The van der Waals surface area contributed by atoms with E-state index in [1.807, 2.05) is 4.90 Å². The van der Waals surface area contributed by atoms with Gasteiger partial charge in [-0.3, -0.25) is 4.90 Å².